The van der Waals surface area contributed by atoms with E-state index in [1.807, 2.05) is 24.3 Å². The van der Waals surface area contributed by atoms with Crippen LogP contribution < -0.4 is 11.1 Å². The Labute approximate surface area is 113 Å². The Morgan fingerprint density at radius 1 is 1.06 bits per heavy atom. The molecular formula is C13H11IN2O. The summed E-state index contributed by atoms with van der Waals surface area (Å²) in [6.45, 7) is 0. The van der Waals surface area contributed by atoms with Gasteiger partial charge in [-0.1, -0.05) is 12.1 Å². The predicted octanol–water partition coefficient (Wildman–Crippen LogP) is 3.13. The molecule has 0 bridgehead atoms. The second-order valence-electron chi connectivity index (χ2n) is 3.55. The summed E-state index contributed by atoms with van der Waals surface area (Å²) in [5.74, 6) is -0.190. The number of rotatable bonds is 2. The molecule has 3 nitrogen and oxygen atoms in total. The van der Waals surface area contributed by atoms with Crippen LogP contribution in [0.25, 0.3) is 0 Å². The first-order valence-electron chi connectivity index (χ1n) is 5.08. The molecule has 86 valence electrons. The largest absolute Gasteiger partial charge is 0.398 e. The highest BCUT2D eigenvalue weighted by Crippen LogP contribution is 2.15. The van der Waals surface area contributed by atoms with Crippen molar-refractivity contribution in [2.45, 2.75) is 0 Å². The summed E-state index contributed by atoms with van der Waals surface area (Å²) in [4.78, 5) is 11.9. The van der Waals surface area contributed by atoms with E-state index in [2.05, 4.69) is 27.9 Å². The highest BCUT2D eigenvalue weighted by atomic mass is 127. The first kappa shape index (κ1) is 11.9. The van der Waals surface area contributed by atoms with Crippen LogP contribution in [0.2, 0.25) is 0 Å². The number of halogens is 1. The third-order valence-electron chi connectivity index (χ3n) is 2.31. The molecule has 17 heavy (non-hydrogen) atoms. The number of nitrogen functional groups attached to an aromatic ring is 1. The van der Waals surface area contributed by atoms with Crippen LogP contribution >= 0.6 is 22.6 Å². The molecule has 2 aromatic rings. The van der Waals surface area contributed by atoms with E-state index < -0.39 is 0 Å². The molecule has 1 amide bonds. The van der Waals surface area contributed by atoms with E-state index in [9.17, 15) is 4.79 Å². The van der Waals surface area contributed by atoms with Gasteiger partial charge in [0.15, 0.2) is 0 Å². The molecule has 3 N–H and O–H groups in total. The molecule has 0 saturated carbocycles. The zero-order chi connectivity index (χ0) is 12.3. The van der Waals surface area contributed by atoms with E-state index in [0.29, 0.717) is 11.3 Å². The fourth-order valence-electron chi connectivity index (χ4n) is 1.44. The zero-order valence-electron chi connectivity index (χ0n) is 8.98. The maximum Gasteiger partial charge on any atom is 0.257 e. The standard InChI is InChI=1S/C13H11IN2O/c14-9-5-7-10(8-6-9)16-13(17)11-3-1-2-4-12(11)15/h1-8H,15H2,(H,16,17). The van der Waals surface area contributed by atoms with Crippen molar-refractivity contribution in [3.8, 4) is 0 Å². The van der Waals surface area contributed by atoms with Gasteiger partial charge >= 0.3 is 0 Å². The third-order valence-corrected chi connectivity index (χ3v) is 3.03. The van der Waals surface area contributed by atoms with Gasteiger partial charge in [0.2, 0.25) is 0 Å². The Balaban J connectivity index is 2.17. The SMILES string of the molecule is Nc1ccccc1C(=O)Nc1ccc(I)cc1. The predicted molar refractivity (Wildman–Crippen MR) is 78.0 cm³/mol. The minimum Gasteiger partial charge on any atom is -0.398 e. The lowest BCUT2D eigenvalue weighted by Gasteiger charge is -2.07. The minimum absolute atomic E-state index is 0.190. The number of anilines is 2. The molecule has 0 fully saturated rings. The molecule has 0 aromatic heterocycles. The number of benzene rings is 2. The van der Waals surface area contributed by atoms with Crippen LogP contribution in [0.15, 0.2) is 48.5 Å². The van der Waals surface area contributed by atoms with E-state index in [4.69, 9.17) is 5.73 Å². The van der Waals surface area contributed by atoms with Crippen LogP contribution in [-0.2, 0) is 0 Å². The highest BCUT2D eigenvalue weighted by molar-refractivity contribution is 14.1. The number of carbonyl (C=O) groups excluding carboxylic acids is 1. The third kappa shape index (κ3) is 2.97. The van der Waals surface area contributed by atoms with Gasteiger partial charge in [0.1, 0.15) is 0 Å². The molecule has 0 aliphatic carbocycles. The molecule has 0 saturated heterocycles. The summed E-state index contributed by atoms with van der Waals surface area (Å²) in [5, 5.41) is 2.80. The Kier molecular flexibility index (Phi) is 3.63. The van der Waals surface area contributed by atoms with Crippen molar-refractivity contribution in [1.82, 2.24) is 0 Å². The monoisotopic (exact) mass is 338 g/mol. The molecule has 0 aliphatic rings. The average Bonchev–Trinajstić information content (AvgIpc) is 2.32. The van der Waals surface area contributed by atoms with Crippen LogP contribution in [0.4, 0.5) is 11.4 Å². The topological polar surface area (TPSA) is 55.1 Å². The fraction of sp³-hybridized carbons (Fsp3) is 0. The Hall–Kier alpha value is -1.56. The summed E-state index contributed by atoms with van der Waals surface area (Å²) in [6, 6.07) is 14.6. The molecule has 2 aromatic carbocycles. The summed E-state index contributed by atoms with van der Waals surface area (Å²) in [5.41, 5.74) is 7.47. The lowest BCUT2D eigenvalue weighted by molar-refractivity contribution is 0.102. The Bertz CT molecular complexity index is 537. The summed E-state index contributed by atoms with van der Waals surface area (Å²) in [7, 11) is 0. The van der Waals surface area contributed by atoms with Gasteiger partial charge < -0.3 is 11.1 Å². The molecule has 0 radical (unpaired) electrons. The van der Waals surface area contributed by atoms with E-state index in [-0.39, 0.29) is 5.91 Å². The molecular weight excluding hydrogens is 327 g/mol. The van der Waals surface area contributed by atoms with Crippen molar-refractivity contribution in [3.05, 3.63) is 57.7 Å². The van der Waals surface area contributed by atoms with Gasteiger partial charge in [-0.25, -0.2) is 0 Å². The van der Waals surface area contributed by atoms with Crippen LogP contribution in [0.5, 0.6) is 0 Å². The van der Waals surface area contributed by atoms with Crippen LogP contribution in [0.1, 0.15) is 10.4 Å². The Morgan fingerprint density at radius 3 is 2.35 bits per heavy atom. The normalized spacial score (nSPS) is 9.94. The smallest absolute Gasteiger partial charge is 0.257 e. The average molecular weight is 338 g/mol. The molecule has 0 unspecified atom stereocenters. The number of carbonyl (C=O) groups is 1. The number of hydrogen-bond acceptors (Lipinski definition) is 2. The van der Waals surface area contributed by atoms with Crippen molar-refractivity contribution >= 4 is 39.9 Å². The van der Waals surface area contributed by atoms with Crippen LogP contribution in [0, 0.1) is 3.57 Å². The van der Waals surface area contributed by atoms with Crippen LogP contribution in [0.3, 0.4) is 0 Å². The summed E-state index contributed by atoms with van der Waals surface area (Å²) < 4.78 is 1.12. The summed E-state index contributed by atoms with van der Waals surface area (Å²) in [6.07, 6.45) is 0. The van der Waals surface area contributed by atoms with Crippen molar-refractivity contribution in [3.63, 3.8) is 0 Å². The molecule has 0 atom stereocenters. The van der Waals surface area contributed by atoms with E-state index in [0.717, 1.165) is 9.26 Å². The summed E-state index contributed by atoms with van der Waals surface area (Å²) >= 11 is 2.21. The number of amides is 1. The van der Waals surface area contributed by atoms with Gasteiger partial charge in [-0.2, -0.15) is 0 Å². The second-order valence-corrected chi connectivity index (χ2v) is 4.79. The maximum absolute atomic E-state index is 11.9. The van der Waals surface area contributed by atoms with Gasteiger partial charge in [0.25, 0.3) is 5.91 Å². The van der Waals surface area contributed by atoms with Crippen molar-refractivity contribution in [1.29, 1.82) is 0 Å². The molecule has 0 aliphatic heterocycles. The highest BCUT2D eigenvalue weighted by Gasteiger charge is 2.08. The zero-order valence-corrected chi connectivity index (χ0v) is 11.1. The van der Waals surface area contributed by atoms with Gasteiger partial charge in [0.05, 0.1) is 5.56 Å². The van der Waals surface area contributed by atoms with Crippen molar-refractivity contribution < 1.29 is 4.79 Å². The van der Waals surface area contributed by atoms with Gasteiger partial charge in [-0.3, -0.25) is 4.79 Å². The number of para-hydroxylation sites is 1. The number of nitrogens with one attached hydrogen (secondary N) is 1. The lowest BCUT2D eigenvalue weighted by Crippen LogP contribution is -2.13. The first-order chi connectivity index (χ1) is 8.16. The van der Waals surface area contributed by atoms with E-state index in [1.165, 1.54) is 0 Å². The number of nitrogens with two attached hydrogens (primary N) is 1. The molecule has 4 heteroatoms. The molecule has 2 rings (SSSR count). The first-order valence-corrected chi connectivity index (χ1v) is 6.16. The second kappa shape index (κ2) is 5.18. The maximum atomic E-state index is 11.9. The van der Waals surface area contributed by atoms with Gasteiger partial charge in [-0.05, 0) is 59.0 Å². The number of hydrogen-bond donors (Lipinski definition) is 2. The van der Waals surface area contributed by atoms with Gasteiger partial charge in [0, 0.05) is 14.9 Å². The molecule has 0 heterocycles. The van der Waals surface area contributed by atoms with E-state index in [1.54, 1.807) is 24.3 Å². The van der Waals surface area contributed by atoms with Crippen molar-refractivity contribution in [2.75, 3.05) is 11.1 Å². The Morgan fingerprint density at radius 2 is 1.71 bits per heavy atom. The molecule has 0 spiro atoms. The van der Waals surface area contributed by atoms with Gasteiger partial charge in [-0.15, -0.1) is 0 Å². The quantitative estimate of drug-likeness (QED) is 0.653. The van der Waals surface area contributed by atoms with Crippen LogP contribution in [-0.4, -0.2) is 5.91 Å². The lowest BCUT2D eigenvalue weighted by atomic mass is 10.1. The fourth-order valence-corrected chi connectivity index (χ4v) is 1.80. The van der Waals surface area contributed by atoms with E-state index >= 15 is 0 Å². The minimum atomic E-state index is -0.190. The van der Waals surface area contributed by atoms with Crippen molar-refractivity contribution in [2.24, 2.45) is 0 Å².